The van der Waals surface area contributed by atoms with Crippen LogP contribution in [-0.4, -0.2) is 0 Å². The van der Waals surface area contributed by atoms with Gasteiger partial charge in [0.2, 0.25) is 0 Å². The van der Waals surface area contributed by atoms with Crippen molar-refractivity contribution in [3.05, 3.63) is 33.4 Å². The minimum absolute atomic E-state index is 1.06. The van der Waals surface area contributed by atoms with Crippen molar-refractivity contribution in [3.8, 4) is 0 Å². The fraction of sp³-hybridized carbons (Fsp3) is 0.538. The van der Waals surface area contributed by atoms with E-state index in [4.69, 9.17) is 0 Å². The Hall–Kier alpha value is -0.820. The van der Waals surface area contributed by atoms with Gasteiger partial charge in [0.1, 0.15) is 0 Å². The van der Waals surface area contributed by atoms with Crippen molar-refractivity contribution in [2.24, 2.45) is 0 Å². The molecule has 0 amide bonds. The van der Waals surface area contributed by atoms with Crippen LogP contribution in [0.1, 0.15) is 40.3 Å². The molecule has 0 aliphatic carbocycles. The quantitative estimate of drug-likeness (QED) is 0.716. The van der Waals surface area contributed by atoms with E-state index in [0.717, 1.165) is 19.5 Å². The second kappa shape index (κ2) is 3.39. The third-order valence-corrected chi connectivity index (χ3v) is 3.69. The van der Waals surface area contributed by atoms with Crippen LogP contribution in [0.3, 0.4) is 0 Å². The summed E-state index contributed by atoms with van der Waals surface area (Å²) in [6.45, 7) is 11.2. The highest BCUT2D eigenvalue weighted by atomic mass is 14.9. The fourth-order valence-electron chi connectivity index (χ4n) is 2.69. The molecule has 0 saturated carbocycles. The van der Waals surface area contributed by atoms with Crippen molar-refractivity contribution in [1.29, 1.82) is 0 Å². The minimum Gasteiger partial charge on any atom is -0.309 e. The van der Waals surface area contributed by atoms with Crippen LogP contribution >= 0.6 is 0 Å². The van der Waals surface area contributed by atoms with Crippen LogP contribution in [0.25, 0.3) is 0 Å². The summed E-state index contributed by atoms with van der Waals surface area (Å²) in [6.07, 6.45) is 1.16. The van der Waals surface area contributed by atoms with E-state index in [1.165, 1.54) is 16.7 Å². The molecule has 76 valence electrons. The molecule has 14 heavy (non-hydrogen) atoms. The molecule has 1 heterocycles. The molecule has 1 aliphatic heterocycles. The van der Waals surface area contributed by atoms with E-state index in [1.807, 2.05) is 0 Å². The lowest BCUT2D eigenvalue weighted by Gasteiger charge is -2.16. The summed E-state index contributed by atoms with van der Waals surface area (Å²) in [5, 5.41) is 3.45. The zero-order valence-corrected chi connectivity index (χ0v) is 9.62. The highest BCUT2D eigenvalue weighted by Crippen LogP contribution is 2.30. The first-order valence-corrected chi connectivity index (χ1v) is 5.47. The SMILES string of the molecule is CCc1c(C)c(C)c2c(c1C)CNC2. The molecule has 0 fully saturated rings. The number of hydrogen-bond donors (Lipinski definition) is 1. The van der Waals surface area contributed by atoms with Gasteiger partial charge in [-0.2, -0.15) is 0 Å². The van der Waals surface area contributed by atoms with Gasteiger partial charge in [-0.3, -0.25) is 0 Å². The molecule has 1 aromatic rings. The number of fused-ring (bicyclic) bond motifs is 1. The molecule has 0 atom stereocenters. The third kappa shape index (κ3) is 1.19. The molecule has 1 aromatic carbocycles. The number of rotatable bonds is 1. The van der Waals surface area contributed by atoms with Gasteiger partial charge in [0.05, 0.1) is 0 Å². The maximum Gasteiger partial charge on any atom is 0.0214 e. The lowest BCUT2D eigenvalue weighted by molar-refractivity contribution is 0.762. The Morgan fingerprint density at radius 2 is 1.50 bits per heavy atom. The van der Waals surface area contributed by atoms with Crippen LogP contribution in [-0.2, 0) is 19.5 Å². The van der Waals surface area contributed by atoms with Crippen LogP contribution in [0.2, 0.25) is 0 Å². The monoisotopic (exact) mass is 189 g/mol. The van der Waals surface area contributed by atoms with Crippen LogP contribution in [0.15, 0.2) is 0 Å². The lowest BCUT2D eigenvalue weighted by Crippen LogP contribution is -2.02. The third-order valence-electron chi connectivity index (χ3n) is 3.69. The van der Waals surface area contributed by atoms with Gasteiger partial charge >= 0.3 is 0 Å². The Labute approximate surface area is 86.5 Å². The summed E-state index contributed by atoms with van der Waals surface area (Å²) in [4.78, 5) is 0. The average molecular weight is 189 g/mol. The number of nitrogens with one attached hydrogen (secondary N) is 1. The Kier molecular flexibility index (Phi) is 2.36. The van der Waals surface area contributed by atoms with Crippen molar-refractivity contribution in [1.82, 2.24) is 5.32 Å². The topological polar surface area (TPSA) is 12.0 Å². The van der Waals surface area contributed by atoms with Gasteiger partial charge in [0.15, 0.2) is 0 Å². The van der Waals surface area contributed by atoms with Crippen molar-refractivity contribution in [3.63, 3.8) is 0 Å². The van der Waals surface area contributed by atoms with E-state index >= 15 is 0 Å². The van der Waals surface area contributed by atoms with Gasteiger partial charge in [-0.15, -0.1) is 0 Å². The van der Waals surface area contributed by atoms with Gasteiger partial charge in [-0.05, 0) is 60.6 Å². The lowest BCUT2D eigenvalue weighted by atomic mass is 9.89. The largest absolute Gasteiger partial charge is 0.309 e. The average Bonchev–Trinajstić information content (AvgIpc) is 2.64. The van der Waals surface area contributed by atoms with Gasteiger partial charge in [0, 0.05) is 13.1 Å². The first kappa shape index (κ1) is 9.72. The Morgan fingerprint density at radius 1 is 0.929 bits per heavy atom. The van der Waals surface area contributed by atoms with Gasteiger partial charge < -0.3 is 5.32 Å². The van der Waals surface area contributed by atoms with Gasteiger partial charge in [0.25, 0.3) is 0 Å². The molecule has 0 saturated heterocycles. The molecule has 0 unspecified atom stereocenters. The predicted octanol–water partition coefficient (Wildman–Crippen LogP) is 2.78. The summed E-state index contributed by atoms with van der Waals surface area (Å²) < 4.78 is 0. The minimum atomic E-state index is 1.06. The van der Waals surface area contributed by atoms with E-state index in [9.17, 15) is 0 Å². The molecule has 0 radical (unpaired) electrons. The number of benzene rings is 1. The van der Waals surface area contributed by atoms with Gasteiger partial charge in [-0.25, -0.2) is 0 Å². The molecule has 0 bridgehead atoms. The maximum absolute atomic E-state index is 3.45. The van der Waals surface area contributed by atoms with Crippen molar-refractivity contribution in [2.75, 3.05) is 0 Å². The molecular weight excluding hydrogens is 170 g/mol. The molecule has 2 rings (SSSR count). The van der Waals surface area contributed by atoms with E-state index in [2.05, 4.69) is 33.0 Å². The van der Waals surface area contributed by atoms with Crippen molar-refractivity contribution in [2.45, 2.75) is 47.2 Å². The normalized spacial score (nSPS) is 14.6. The maximum atomic E-state index is 3.45. The molecule has 0 aromatic heterocycles. The summed E-state index contributed by atoms with van der Waals surface area (Å²) in [5.41, 5.74) is 9.21. The predicted molar refractivity (Wildman–Crippen MR) is 60.6 cm³/mol. The van der Waals surface area contributed by atoms with E-state index in [1.54, 1.807) is 16.7 Å². The van der Waals surface area contributed by atoms with Crippen LogP contribution in [0.4, 0.5) is 0 Å². The van der Waals surface area contributed by atoms with Crippen molar-refractivity contribution >= 4 is 0 Å². The van der Waals surface area contributed by atoms with E-state index < -0.39 is 0 Å². The molecular formula is C13H19N. The van der Waals surface area contributed by atoms with Gasteiger partial charge in [-0.1, -0.05) is 6.92 Å². The van der Waals surface area contributed by atoms with Crippen LogP contribution in [0.5, 0.6) is 0 Å². The fourth-order valence-corrected chi connectivity index (χ4v) is 2.69. The molecule has 1 nitrogen and oxygen atoms in total. The highest BCUT2D eigenvalue weighted by molar-refractivity contribution is 5.51. The first-order chi connectivity index (χ1) is 6.66. The summed E-state index contributed by atoms with van der Waals surface area (Å²) in [7, 11) is 0. The first-order valence-electron chi connectivity index (χ1n) is 5.47. The van der Waals surface area contributed by atoms with E-state index in [0.29, 0.717) is 0 Å². The summed E-state index contributed by atoms with van der Waals surface area (Å²) in [5.74, 6) is 0. The standard InChI is InChI=1S/C13H19N/c1-5-11-8(2)9(3)12-6-14-7-13(12)10(11)4/h14H,5-7H2,1-4H3. The van der Waals surface area contributed by atoms with Crippen LogP contribution < -0.4 is 5.32 Å². The second-order valence-electron chi connectivity index (χ2n) is 4.27. The molecule has 1 N–H and O–H groups in total. The smallest absolute Gasteiger partial charge is 0.0214 e. The Bertz CT molecular complexity index is 371. The molecule has 1 heteroatoms. The van der Waals surface area contributed by atoms with Crippen molar-refractivity contribution < 1.29 is 0 Å². The summed E-state index contributed by atoms with van der Waals surface area (Å²) >= 11 is 0. The summed E-state index contributed by atoms with van der Waals surface area (Å²) in [6, 6.07) is 0. The zero-order chi connectivity index (χ0) is 10.3. The second-order valence-corrected chi connectivity index (χ2v) is 4.27. The Balaban J connectivity index is 2.73. The molecule has 1 aliphatic rings. The van der Waals surface area contributed by atoms with Crippen LogP contribution in [0, 0.1) is 20.8 Å². The Morgan fingerprint density at radius 3 is 2.07 bits per heavy atom. The highest BCUT2D eigenvalue weighted by Gasteiger charge is 2.19. The number of hydrogen-bond acceptors (Lipinski definition) is 1. The molecule has 0 spiro atoms. The zero-order valence-electron chi connectivity index (χ0n) is 9.62. The van der Waals surface area contributed by atoms with E-state index in [-0.39, 0.29) is 0 Å².